The molecule has 2 N–H and O–H groups in total. The lowest BCUT2D eigenvalue weighted by Gasteiger charge is -2.27. The monoisotopic (exact) mass is 235 g/mol. The molecule has 0 aliphatic carbocycles. The van der Waals surface area contributed by atoms with Gasteiger partial charge in [-0.2, -0.15) is 0 Å². The maximum Gasteiger partial charge on any atom is 0.337 e. The van der Waals surface area contributed by atoms with Gasteiger partial charge >= 0.3 is 5.97 Å². The van der Waals surface area contributed by atoms with Crippen molar-refractivity contribution in [3.05, 3.63) is 35.4 Å². The Hall–Kier alpha value is -1.39. The van der Waals surface area contributed by atoms with Crippen molar-refractivity contribution in [2.24, 2.45) is 5.73 Å². The lowest BCUT2D eigenvalue weighted by molar-refractivity contribution is 0.00662. The summed E-state index contributed by atoms with van der Waals surface area (Å²) < 4.78 is 10.4. The number of carbonyl (C=O) groups is 1. The topological polar surface area (TPSA) is 61.5 Å². The molecule has 92 valence electrons. The number of ether oxygens (including phenoxy) is 2. The Balaban J connectivity index is 2.17. The van der Waals surface area contributed by atoms with Gasteiger partial charge in [0.15, 0.2) is 0 Å². The first-order valence-electron chi connectivity index (χ1n) is 5.76. The molecule has 17 heavy (non-hydrogen) atoms. The predicted molar refractivity (Wildman–Crippen MR) is 63.7 cm³/mol. The third kappa shape index (κ3) is 2.84. The van der Waals surface area contributed by atoms with Gasteiger partial charge in [-0.1, -0.05) is 12.1 Å². The second-order valence-electron chi connectivity index (χ2n) is 4.26. The van der Waals surface area contributed by atoms with Gasteiger partial charge in [0.1, 0.15) is 0 Å². The third-order valence-corrected chi connectivity index (χ3v) is 3.00. The van der Waals surface area contributed by atoms with E-state index < -0.39 is 0 Å². The van der Waals surface area contributed by atoms with Crippen LogP contribution < -0.4 is 5.73 Å². The lowest BCUT2D eigenvalue weighted by Crippen LogP contribution is -2.30. The smallest absolute Gasteiger partial charge is 0.337 e. The molecule has 2 atom stereocenters. The van der Waals surface area contributed by atoms with E-state index in [4.69, 9.17) is 15.2 Å². The number of rotatable bonds is 2. The molecule has 0 amide bonds. The summed E-state index contributed by atoms with van der Waals surface area (Å²) in [6.45, 7) is 0.675. The van der Waals surface area contributed by atoms with Gasteiger partial charge < -0.3 is 15.2 Å². The second kappa shape index (κ2) is 5.29. The molecule has 1 saturated heterocycles. The van der Waals surface area contributed by atoms with Gasteiger partial charge in [0.25, 0.3) is 0 Å². The first kappa shape index (κ1) is 12.1. The van der Waals surface area contributed by atoms with Crippen molar-refractivity contribution in [2.75, 3.05) is 13.7 Å². The fourth-order valence-corrected chi connectivity index (χ4v) is 2.04. The zero-order chi connectivity index (χ0) is 12.3. The van der Waals surface area contributed by atoms with Crippen LogP contribution in [-0.4, -0.2) is 25.7 Å². The Morgan fingerprint density at radius 3 is 3.06 bits per heavy atom. The predicted octanol–water partition coefficient (Wildman–Crippen LogP) is 1.65. The lowest BCUT2D eigenvalue weighted by atomic mass is 9.97. The van der Waals surface area contributed by atoms with Crippen molar-refractivity contribution < 1.29 is 14.3 Å². The van der Waals surface area contributed by atoms with E-state index in [0.717, 1.165) is 18.4 Å². The minimum absolute atomic E-state index is 0.0108. The molecule has 2 rings (SSSR count). The number of esters is 1. The number of hydrogen-bond acceptors (Lipinski definition) is 4. The highest BCUT2D eigenvalue weighted by Crippen LogP contribution is 2.27. The first-order valence-corrected chi connectivity index (χ1v) is 5.76. The summed E-state index contributed by atoms with van der Waals surface area (Å²) in [4.78, 5) is 11.4. The van der Waals surface area contributed by atoms with Crippen molar-refractivity contribution in [2.45, 2.75) is 25.0 Å². The molecule has 0 spiro atoms. The van der Waals surface area contributed by atoms with E-state index >= 15 is 0 Å². The number of benzene rings is 1. The van der Waals surface area contributed by atoms with Crippen LogP contribution in [0.3, 0.4) is 0 Å². The van der Waals surface area contributed by atoms with Crippen LogP contribution in [0, 0.1) is 0 Å². The van der Waals surface area contributed by atoms with Crippen LogP contribution in [-0.2, 0) is 9.47 Å². The standard InChI is InChI=1S/C13H17NO3/c1-16-13(15)10-4-2-3-9(7-10)12-8-11(14)5-6-17-12/h2-4,7,11-12H,5-6,8,14H2,1H3/t11-,12+/m1/s1. The molecule has 1 heterocycles. The van der Waals surface area contributed by atoms with E-state index in [0.29, 0.717) is 12.2 Å². The number of methoxy groups -OCH3 is 1. The average Bonchev–Trinajstić information content (AvgIpc) is 2.38. The summed E-state index contributed by atoms with van der Waals surface area (Å²) in [5, 5.41) is 0. The zero-order valence-corrected chi connectivity index (χ0v) is 9.89. The molecular formula is C13H17NO3. The Kier molecular flexibility index (Phi) is 3.76. The van der Waals surface area contributed by atoms with Crippen LogP contribution in [0.5, 0.6) is 0 Å². The van der Waals surface area contributed by atoms with Gasteiger partial charge in [-0.3, -0.25) is 0 Å². The summed E-state index contributed by atoms with van der Waals surface area (Å²) in [5.41, 5.74) is 7.45. The minimum Gasteiger partial charge on any atom is -0.465 e. The van der Waals surface area contributed by atoms with Crippen LogP contribution >= 0.6 is 0 Å². The van der Waals surface area contributed by atoms with Gasteiger partial charge in [0.05, 0.1) is 18.8 Å². The summed E-state index contributed by atoms with van der Waals surface area (Å²) >= 11 is 0. The fraction of sp³-hybridized carbons (Fsp3) is 0.462. The minimum atomic E-state index is -0.327. The summed E-state index contributed by atoms with van der Waals surface area (Å²) in [6, 6.07) is 7.52. The molecule has 0 bridgehead atoms. The van der Waals surface area contributed by atoms with Crippen molar-refractivity contribution in [3.8, 4) is 0 Å². The molecule has 1 aromatic carbocycles. The maximum absolute atomic E-state index is 11.4. The normalized spacial score (nSPS) is 24.4. The van der Waals surface area contributed by atoms with Gasteiger partial charge in [-0.15, -0.1) is 0 Å². The quantitative estimate of drug-likeness (QED) is 0.792. The maximum atomic E-state index is 11.4. The van der Waals surface area contributed by atoms with Crippen molar-refractivity contribution in [3.63, 3.8) is 0 Å². The van der Waals surface area contributed by atoms with E-state index in [1.54, 1.807) is 6.07 Å². The summed E-state index contributed by atoms with van der Waals surface area (Å²) in [7, 11) is 1.38. The van der Waals surface area contributed by atoms with Crippen molar-refractivity contribution >= 4 is 5.97 Å². The van der Waals surface area contributed by atoms with Crippen LogP contribution in [0.15, 0.2) is 24.3 Å². The Labute approximate surface area is 101 Å². The number of nitrogens with two attached hydrogens (primary N) is 1. The molecule has 1 aromatic rings. The summed E-state index contributed by atoms with van der Waals surface area (Å²) in [5.74, 6) is -0.327. The van der Waals surface area contributed by atoms with Gasteiger partial charge in [0.2, 0.25) is 0 Å². The molecule has 4 heteroatoms. The summed E-state index contributed by atoms with van der Waals surface area (Å²) in [6.07, 6.45) is 1.68. The molecule has 4 nitrogen and oxygen atoms in total. The molecule has 0 aromatic heterocycles. The van der Waals surface area contributed by atoms with E-state index in [1.807, 2.05) is 18.2 Å². The van der Waals surface area contributed by atoms with Crippen molar-refractivity contribution in [1.82, 2.24) is 0 Å². The molecule has 1 fully saturated rings. The highest BCUT2D eigenvalue weighted by atomic mass is 16.5. The number of hydrogen-bond donors (Lipinski definition) is 1. The van der Waals surface area contributed by atoms with Crippen molar-refractivity contribution in [1.29, 1.82) is 0 Å². The average molecular weight is 235 g/mol. The van der Waals surface area contributed by atoms with Crippen LogP contribution in [0.4, 0.5) is 0 Å². The Morgan fingerprint density at radius 2 is 2.35 bits per heavy atom. The molecular weight excluding hydrogens is 218 g/mol. The van der Waals surface area contributed by atoms with E-state index in [1.165, 1.54) is 7.11 Å². The number of carbonyl (C=O) groups excluding carboxylic acids is 1. The van der Waals surface area contributed by atoms with E-state index in [-0.39, 0.29) is 18.1 Å². The van der Waals surface area contributed by atoms with Gasteiger partial charge in [-0.25, -0.2) is 4.79 Å². The van der Waals surface area contributed by atoms with Gasteiger partial charge in [0, 0.05) is 12.6 Å². The molecule has 1 aliphatic rings. The Bertz CT molecular complexity index is 405. The Morgan fingerprint density at radius 1 is 1.53 bits per heavy atom. The molecule has 0 saturated carbocycles. The molecule has 0 unspecified atom stereocenters. The zero-order valence-electron chi connectivity index (χ0n) is 9.89. The highest BCUT2D eigenvalue weighted by Gasteiger charge is 2.22. The van der Waals surface area contributed by atoms with Crippen LogP contribution in [0.1, 0.15) is 34.9 Å². The largest absolute Gasteiger partial charge is 0.465 e. The molecule has 1 aliphatic heterocycles. The molecule has 0 radical (unpaired) electrons. The second-order valence-corrected chi connectivity index (χ2v) is 4.26. The fourth-order valence-electron chi connectivity index (χ4n) is 2.04. The SMILES string of the molecule is COC(=O)c1cccc([C@@H]2C[C@H](N)CCO2)c1. The van der Waals surface area contributed by atoms with E-state index in [2.05, 4.69) is 0 Å². The third-order valence-electron chi connectivity index (χ3n) is 3.00. The first-order chi connectivity index (χ1) is 8.20. The van der Waals surface area contributed by atoms with E-state index in [9.17, 15) is 4.79 Å². The van der Waals surface area contributed by atoms with Gasteiger partial charge in [-0.05, 0) is 30.5 Å². The van der Waals surface area contributed by atoms with Crippen LogP contribution in [0.2, 0.25) is 0 Å². The highest BCUT2D eigenvalue weighted by molar-refractivity contribution is 5.89. The van der Waals surface area contributed by atoms with Crippen LogP contribution in [0.25, 0.3) is 0 Å².